The molecule has 2 rings (SSSR count). The zero-order chi connectivity index (χ0) is 23.8. The summed E-state index contributed by atoms with van der Waals surface area (Å²) in [6, 6.07) is 4.51. The zero-order valence-corrected chi connectivity index (χ0v) is 17.8. The fourth-order valence-electron chi connectivity index (χ4n) is 2.32. The van der Waals surface area contributed by atoms with Gasteiger partial charge in [0.15, 0.2) is 0 Å². The van der Waals surface area contributed by atoms with E-state index in [9.17, 15) is 39.2 Å². The summed E-state index contributed by atoms with van der Waals surface area (Å²) < 4.78 is 106. The minimum absolute atomic E-state index is 0.169. The van der Waals surface area contributed by atoms with Crippen molar-refractivity contribution < 1.29 is 43.9 Å². The van der Waals surface area contributed by atoms with Gasteiger partial charge >= 0.3 is 5.51 Å². The predicted octanol–water partition coefficient (Wildman–Crippen LogP) is 2.63. The van der Waals surface area contributed by atoms with E-state index in [2.05, 4.69) is 5.32 Å². The number of carbonyl (C=O) groups excluding carboxylic acids is 1. The molecule has 14 heteroatoms. The van der Waals surface area contributed by atoms with Crippen LogP contribution in [0.4, 0.5) is 23.2 Å². The fourth-order valence-corrected chi connectivity index (χ4v) is 4.09. The minimum atomic E-state index is -5.71. The Morgan fingerprint density at radius 2 is 1.65 bits per heavy atom. The minimum Gasteiger partial charge on any atom is -0.495 e. The molecule has 0 aliphatic rings. The zero-order valence-electron chi connectivity index (χ0n) is 16.2. The SMILES string of the molecule is COc1ccc(S(=O)(=O)C(F)(F)F)cc1NC(=O)c1ccc(F)c(S(=O)(=O)N(C)C)c1. The number of amides is 1. The lowest BCUT2D eigenvalue weighted by Gasteiger charge is -2.15. The highest BCUT2D eigenvalue weighted by molar-refractivity contribution is 7.92. The van der Waals surface area contributed by atoms with Gasteiger partial charge in [-0.2, -0.15) is 13.2 Å². The second-order valence-corrected chi connectivity index (χ2v) is 10.3. The molecule has 2 aromatic carbocycles. The largest absolute Gasteiger partial charge is 0.501 e. The standard InChI is InChI=1S/C17H16F4N2O6S2/c1-23(2)31(27,28)15-8-10(4-6-12(15)18)16(24)22-13-9-11(5-7-14(13)29-3)30(25,26)17(19,20)21/h4-9H,1-3H3,(H,22,24). The maximum Gasteiger partial charge on any atom is 0.501 e. The Labute approximate surface area is 175 Å². The van der Waals surface area contributed by atoms with Crippen molar-refractivity contribution >= 4 is 31.5 Å². The first-order valence-corrected chi connectivity index (χ1v) is 11.1. The summed E-state index contributed by atoms with van der Waals surface area (Å²) in [4.78, 5) is 10.6. The summed E-state index contributed by atoms with van der Waals surface area (Å²) in [5.41, 5.74) is -6.36. The quantitative estimate of drug-likeness (QED) is 0.632. The number of anilines is 1. The Hall–Kier alpha value is -2.71. The molecule has 0 fully saturated rings. The number of carbonyl (C=O) groups is 1. The Balaban J connectivity index is 2.50. The molecule has 0 aliphatic heterocycles. The smallest absolute Gasteiger partial charge is 0.495 e. The molecule has 8 nitrogen and oxygen atoms in total. The van der Waals surface area contributed by atoms with Crippen molar-refractivity contribution in [2.45, 2.75) is 15.3 Å². The van der Waals surface area contributed by atoms with E-state index in [-0.39, 0.29) is 11.3 Å². The molecule has 0 unspecified atom stereocenters. The van der Waals surface area contributed by atoms with Crippen molar-refractivity contribution in [2.24, 2.45) is 0 Å². The third-order valence-electron chi connectivity index (χ3n) is 3.99. The molecule has 0 heterocycles. The van der Waals surface area contributed by atoms with Crippen LogP contribution in [0, 0.1) is 5.82 Å². The van der Waals surface area contributed by atoms with Gasteiger partial charge in [-0.05, 0) is 36.4 Å². The van der Waals surface area contributed by atoms with Crippen molar-refractivity contribution in [3.8, 4) is 5.75 Å². The van der Waals surface area contributed by atoms with Crippen LogP contribution in [0.15, 0.2) is 46.2 Å². The molecule has 170 valence electrons. The lowest BCUT2D eigenvalue weighted by atomic mass is 10.2. The van der Waals surface area contributed by atoms with E-state index in [1.165, 1.54) is 0 Å². The Bertz CT molecular complexity index is 1230. The van der Waals surface area contributed by atoms with Crippen LogP contribution < -0.4 is 10.1 Å². The van der Waals surface area contributed by atoms with Gasteiger partial charge in [0, 0.05) is 19.7 Å². The van der Waals surface area contributed by atoms with E-state index in [0.29, 0.717) is 12.1 Å². The van der Waals surface area contributed by atoms with Crippen molar-refractivity contribution in [1.29, 1.82) is 0 Å². The highest BCUT2D eigenvalue weighted by Crippen LogP contribution is 2.35. The van der Waals surface area contributed by atoms with Crippen LogP contribution in [-0.4, -0.2) is 53.8 Å². The Kier molecular flexibility index (Phi) is 6.68. The summed E-state index contributed by atoms with van der Waals surface area (Å²) in [6.45, 7) is 0. The molecule has 0 saturated carbocycles. The van der Waals surface area contributed by atoms with Gasteiger partial charge in [-0.1, -0.05) is 0 Å². The number of methoxy groups -OCH3 is 1. The van der Waals surface area contributed by atoms with Gasteiger partial charge in [0.05, 0.1) is 17.7 Å². The number of sulfonamides is 1. The first-order chi connectivity index (χ1) is 14.1. The molecule has 0 radical (unpaired) electrons. The molecule has 0 aliphatic carbocycles. The third kappa shape index (κ3) is 4.80. The number of ether oxygens (including phenoxy) is 1. The number of sulfone groups is 1. The molecular weight excluding hydrogens is 468 g/mol. The summed E-state index contributed by atoms with van der Waals surface area (Å²) in [5, 5.41) is 2.14. The van der Waals surface area contributed by atoms with Gasteiger partial charge in [-0.25, -0.2) is 25.5 Å². The second kappa shape index (κ2) is 8.43. The van der Waals surface area contributed by atoms with Gasteiger partial charge in [-0.3, -0.25) is 4.79 Å². The second-order valence-electron chi connectivity index (χ2n) is 6.20. The predicted molar refractivity (Wildman–Crippen MR) is 101 cm³/mol. The Morgan fingerprint density at radius 3 is 2.16 bits per heavy atom. The normalized spacial score (nSPS) is 12.6. The monoisotopic (exact) mass is 484 g/mol. The van der Waals surface area contributed by atoms with E-state index in [1.54, 1.807) is 0 Å². The highest BCUT2D eigenvalue weighted by atomic mass is 32.2. The lowest BCUT2D eigenvalue weighted by molar-refractivity contribution is -0.0436. The molecule has 31 heavy (non-hydrogen) atoms. The van der Waals surface area contributed by atoms with Gasteiger partial charge in [-0.15, -0.1) is 0 Å². The van der Waals surface area contributed by atoms with Crippen LogP contribution in [0.5, 0.6) is 5.75 Å². The summed E-state index contributed by atoms with van der Waals surface area (Å²) in [7, 11) is -6.52. The van der Waals surface area contributed by atoms with Crippen molar-refractivity contribution in [2.75, 3.05) is 26.5 Å². The van der Waals surface area contributed by atoms with Gasteiger partial charge < -0.3 is 10.1 Å². The first-order valence-electron chi connectivity index (χ1n) is 8.15. The molecule has 0 saturated heterocycles. The summed E-state index contributed by atoms with van der Waals surface area (Å²) in [5.74, 6) is -2.34. The number of rotatable bonds is 6. The maximum atomic E-state index is 14.0. The number of halogens is 4. The van der Waals surface area contributed by atoms with E-state index in [0.717, 1.165) is 49.8 Å². The molecule has 2 aromatic rings. The third-order valence-corrected chi connectivity index (χ3v) is 7.30. The Morgan fingerprint density at radius 1 is 1.03 bits per heavy atom. The van der Waals surface area contributed by atoms with Crippen molar-refractivity contribution in [3.05, 3.63) is 47.8 Å². The topological polar surface area (TPSA) is 110 Å². The highest BCUT2D eigenvalue weighted by Gasteiger charge is 2.47. The molecule has 0 aromatic heterocycles. The van der Waals surface area contributed by atoms with E-state index >= 15 is 0 Å². The van der Waals surface area contributed by atoms with Crippen LogP contribution in [-0.2, 0) is 19.9 Å². The van der Waals surface area contributed by atoms with Gasteiger partial charge in [0.2, 0.25) is 10.0 Å². The van der Waals surface area contributed by atoms with Crippen LogP contribution in [0.3, 0.4) is 0 Å². The van der Waals surface area contributed by atoms with Crippen LogP contribution in [0.2, 0.25) is 0 Å². The van der Waals surface area contributed by atoms with Crippen molar-refractivity contribution in [1.82, 2.24) is 4.31 Å². The molecule has 1 N–H and O–H groups in total. The number of hydrogen-bond donors (Lipinski definition) is 1. The summed E-state index contributed by atoms with van der Waals surface area (Å²) >= 11 is 0. The average molecular weight is 484 g/mol. The number of nitrogens with one attached hydrogen (secondary N) is 1. The molecular formula is C17H16F4N2O6S2. The number of benzene rings is 2. The summed E-state index contributed by atoms with van der Waals surface area (Å²) in [6.07, 6.45) is 0. The number of alkyl halides is 3. The average Bonchev–Trinajstić information content (AvgIpc) is 2.66. The van der Waals surface area contributed by atoms with Crippen LogP contribution in [0.1, 0.15) is 10.4 Å². The van der Waals surface area contributed by atoms with Gasteiger partial charge in [0.25, 0.3) is 15.7 Å². The molecule has 0 spiro atoms. The van der Waals surface area contributed by atoms with Crippen molar-refractivity contribution in [3.63, 3.8) is 0 Å². The van der Waals surface area contributed by atoms with E-state index in [4.69, 9.17) is 4.74 Å². The lowest BCUT2D eigenvalue weighted by Crippen LogP contribution is -2.24. The van der Waals surface area contributed by atoms with Crippen LogP contribution >= 0.6 is 0 Å². The molecule has 0 atom stereocenters. The van der Waals surface area contributed by atoms with Gasteiger partial charge in [0.1, 0.15) is 16.5 Å². The maximum absolute atomic E-state index is 14.0. The fraction of sp³-hybridized carbons (Fsp3) is 0.235. The molecule has 1 amide bonds. The number of nitrogens with zero attached hydrogens (tertiary/aromatic N) is 1. The van der Waals surface area contributed by atoms with E-state index < -0.39 is 52.6 Å². The van der Waals surface area contributed by atoms with E-state index in [1.807, 2.05) is 0 Å². The first kappa shape index (κ1) is 24.6. The van der Waals surface area contributed by atoms with Crippen LogP contribution in [0.25, 0.3) is 0 Å². The molecule has 0 bridgehead atoms. The number of hydrogen-bond acceptors (Lipinski definition) is 6.